The van der Waals surface area contributed by atoms with E-state index in [-0.39, 0.29) is 0 Å². The van der Waals surface area contributed by atoms with Crippen molar-refractivity contribution in [1.29, 1.82) is 0 Å². The fraction of sp³-hybridized carbons (Fsp3) is 0.333. The number of anilines is 3. The van der Waals surface area contributed by atoms with E-state index in [9.17, 15) is 0 Å². The Bertz CT molecular complexity index is 593. The number of hydrogen-bond donors (Lipinski definition) is 1. The first kappa shape index (κ1) is 13.5. The lowest BCUT2D eigenvalue weighted by atomic mass is 10.2. The van der Waals surface area contributed by atoms with Crippen molar-refractivity contribution in [1.82, 2.24) is 10.2 Å². The van der Waals surface area contributed by atoms with Gasteiger partial charge in [-0.05, 0) is 24.3 Å². The minimum absolute atomic E-state index is 0.450. The van der Waals surface area contributed by atoms with Gasteiger partial charge in [0, 0.05) is 26.2 Å². The molecule has 110 valence electrons. The molecule has 0 unspecified atom stereocenters. The molecule has 0 atom stereocenters. The average Bonchev–Trinajstić information content (AvgIpc) is 2.56. The number of nitrogens with zero attached hydrogens (tertiary/aromatic N) is 4. The number of methoxy groups -OCH3 is 1. The van der Waals surface area contributed by atoms with Crippen LogP contribution in [-0.4, -0.2) is 43.5 Å². The largest absolute Gasteiger partial charge is 0.495 e. The Hall–Kier alpha value is -2.50. The van der Waals surface area contributed by atoms with Gasteiger partial charge >= 0.3 is 0 Å². The third kappa shape index (κ3) is 2.84. The van der Waals surface area contributed by atoms with Crippen molar-refractivity contribution in [3.8, 4) is 5.75 Å². The first-order valence-electron chi connectivity index (χ1n) is 7.00. The van der Waals surface area contributed by atoms with Crippen molar-refractivity contribution in [3.63, 3.8) is 0 Å². The molecule has 0 amide bonds. The normalized spacial score (nSPS) is 15.1. The number of para-hydroxylation sites is 2. The van der Waals surface area contributed by atoms with Crippen LogP contribution in [0.4, 0.5) is 17.3 Å². The zero-order valence-corrected chi connectivity index (χ0v) is 12.1. The Labute approximate surface area is 124 Å². The standard InChI is InChI=1S/C15H19N5O/c1-21-13-5-3-2-4-12(13)19-8-10-20(11-9-19)15-7-6-14(16)17-18-15/h2-7H,8-11H2,1H3,(H2,16,17). The van der Waals surface area contributed by atoms with Crippen LogP contribution in [0.5, 0.6) is 5.75 Å². The summed E-state index contributed by atoms with van der Waals surface area (Å²) < 4.78 is 5.43. The van der Waals surface area contributed by atoms with E-state index in [2.05, 4.69) is 26.1 Å². The summed E-state index contributed by atoms with van der Waals surface area (Å²) in [4.78, 5) is 4.55. The topological polar surface area (TPSA) is 67.5 Å². The Morgan fingerprint density at radius 1 is 0.952 bits per heavy atom. The van der Waals surface area contributed by atoms with Gasteiger partial charge in [0.05, 0.1) is 12.8 Å². The molecule has 1 aromatic carbocycles. The summed E-state index contributed by atoms with van der Waals surface area (Å²) in [6.45, 7) is 3.64. The second-order valence-corrected chi connectivity index (χ2v) is 4.96. The highest BCUT2D eigenvalue weighted by Gasteiger charge is 2.20. The molecule has 2 N–H and O–H groups in total. The molecule has 1 saturated heterocycles. The van der Waals surface area contributed by atoms with Crippen LogP contribution in [-0.2, 0) is 0 Å². The smallest absolute Gasteiger partial charge is 0.151 e. The van der Waals surface area contributed by atoms with Crippen LogP contribution in [0.3, 0.4) is 0 Å². The van der Waals surface area contributed by atoms with Crippen molar-refractivity contribution in [2.24, 2.45) is 0 Å². The van der Waals surface area contributed by atoms with E-state index in [4.69, 9.17) is 10.5 Å². The van der Waals surface area contributed by atoms with E-state index >= 15 is 0 Å². The maximum absolute atomic E-state index is 5.57. The highest BCUT2D eigenvalue weighted by Crippen LogP contribution is 2.28. The summed E-state index contributed by atoms with van der Waals surface area (Å²) in [5.41, 5.74) is 6.71. The number of nitrogen functional groups attached to an aromatic ring is 1. The molecule has 2 aromatic rings. The zero-order valence-electron chi connectivity index (χ0n) is 12.1. The van der Waals surface area contributed by atoms with Crippen molar-refractivity contribution < 1.29 is 4.74 Å². The van der Waals surface area contributed by atoms with Gasteiger partial charge in [-0.2, -0.15) is 0 Å². The van der Waals surface area contributed by atoms with E-state index in [0.29, 0.717) is 5.82 Å². The van der Waals surface area contributed by atoms with Crippen molar-refractivity contribution in [2.45, 2.75) is 0 Å². The number of rotatable bonds is 3. The molecule has 0 bridgehead atoms. The molecule has 1 aliphatic heterocycles. The van der Waals surface area contributed by atoms with Gasteiger partial charge < -0.3 is 20.3 Å². The van der Waals surface area contributed by atoms with E-state index in [1.165, 1.54) is 0 Å². The van der Waals surface area contributed by atoms with E-state index in [0.717, 1.165) is 43.4 Å². The Kier molecular flexibility index (Phi) is 3.77. The third-order valence-corrected chi connectivity index (χ3v) is 3.70. The number of benzene rings is 1. The number of ether oxygens (including phenoxy) is 1. The summed E-state index contributed by atoms with van der Waals surface area (Å²) >= 11 is 0. The number of nitrogens with two attached hydrogens (primary N) is 1. The fourth-order valence-electron chi connectivity index (χ4n) is 2.57. The summed E-state index contributed by atoms with van der Waals surface area (Å²) in [6, 6.07) is 11.8. The fourth-order valence-corrected chi connectivity index (χ4v) is 2.57. The minimum atomic E-state index is 0.450. The molecule has 3 rings (SSSR count). The molecule has 0 radical (unpaired) electrons. The van der Waals surface area contributed by atoms with Gasteiger partial charge in [0.15, 0.2) is 5.82 Å². The van der Waals surface area contributed by atoms with Crippen LogP contribution in [0.25, 0.3) is 0 Å². The number of piperazine rings is 1. The maximum Gasteiger partial charge on any atom is 0.151 e. The maximum atomic E-state index is 5.57. The molecule has 21 heavy (non-hydrogen) atoms. The zero-order chi connectivity index (χ0) is 14.7. The summed E-state index contributed by atoms with van der Waals surface area (Å²) in [6.07, 6.45) is 0. The molecular weight excluding hydrogens is 266 g/mol. The third-order valence-electron chi connectivity index (χ3n) is 3.70. The van der Waals surface area contributed by atoms with Crippen LogP contribution >= 0.6 is 0 Å². The SMILES string of the molecule is COc1ccccc1N1CCN(c2ccc(N)nn2)CC1. The summed E-state index contributed by atoms with van der Waals surface area (Å²) in [5, 5.41) is 8.05. The van der Waals surface area contributed by atoms with Gasteiger partial charge in [-0.3, -0.25) is 0 Å². The molecule has 0 aliphatic carbocycles. The summed E-state index contributed by atoms with van der Waals surface area (Å²) in [5.74, 6) is 2.24. The lowest BCUT2D eigenvalue weighted by molar-refractivity contribution is 0.413. The molecule has 1 fully saturated rings. The first-order chi connectivity index (χ1) is 10.3. The van der Waals surface area contributed by atoms with Gasteiger partial charge in [0.25, 0.3) is 0 Å². The monoisotopic (exact) mass is 285 g/mol. The molecule has 1 aliphatic rings. The highest BCUT2D eigenvalue weighted by molar-refractivity contribution is 5.59. The number of aromatic nitrogens is 2. The second kappa shape index (κ2) is 5.87. The second-order valence-electron chi connectivity index (χ2n) is 4.96. The van der Waals surface area contributed by atoms with Crippen LogP contribution in [0.1, 0.15) is 0 Å². The van der Waals surface area contributed by atoms with Crippen molar-refractivity contribution in [2.75, 3.05) is 48.8 Å². The molecular formula is C15H19N5O. The van der Waals surface area contributed by atoms with Crippen LogP contribution < -0.4 is 20.3 Å². The lowest BCUT2D eigenvalue weighted by Gasteiger charge is -2.37. The molecule has 1 aromatic heterocycles. The lowest BCUT2D eigenvalue weighted by Crippen LogP contribution is -2.47. The molecule has 2 heterocycles. The molecule has 6 nitrogen and oxygen atoms in total. The quantitative estimate of drug-likeness (QED) is 0.919. The number of hydrogen-bond acceptors (Lipinski definition) is 6. The van der Waals surface area contributed by atoms with Gasteiger partial charge in [0.2, 0.25) is 0 Å². The average molecular weight is 285 g/mol. The first-order valence-corrected chi connectivity index (χ1v) is 7.00. The predicted octanol–water partition coefficient (Wildman–Crippen LogP) is 1.39. The molecule has 0 spiro atoms. The van der Waals surface area contributed by atoms with E-state index < -0.39 is 0 Å². The van der Waals surface area contributed by atoms with Crippen LogP contribution in [0, 0.1) is 0 Å². The van der Waals surface area contributed by atoms with E-state index in [1.807, 2.05) is 24.3 Å². The summed E-state index contributed by atoms with van der Waals surface area (Å²) in [7, 11) is 1.71. The van der Waals surface area contributed by atoms with Crippen molar-refractivity contribution >= 4 is 17.3 Å². The Balaban J connectivity index is 1.69. The Morgan fingerprint density at radius 2 is 1.67 bits per heavy atom. The predicted molar refractivity (Wildman–Crippen MR) is 83.9 cm³/mol. The van der Waals surface area contributed by atoms with Gasteiger partial charge in [-0.1, -0.05) is 12.1 Å². The van der Waals surface area contributed by atoms with E-state index in [1.54, 1.807) is 13.2 Å². The highest BCUT2D eigenvalue weighted by atomic mass is 16.5. The Morgan fingerprint density at radius 3 is 2.33 bits per heavy atom. The van der Waals surface area contributed by atoms with Gasteiger partial charge in [-0.15, -0.1) is 10.2 Å². The van der Waals surface area contributed by atoms with Crippen LogP contribution in [0.2, 0.25) is 0 Å². The van der Waals surface area contributed by atoms with Crippen LogP contribution in [0.15, 0.2) is 36.4 Å². The van der Waals surface area contributed by atoms with Crippen molar-refractivity contribution in [3.05, 3.63) is 36.4 Å². The molecule has 6 heteroatoms. The minimum Gasteiger partial charge on any atom is -0.495 e. The molecule has 0 saturated carbocycles. The van der Waals surface area contributed by atoms with Gasteiger partial charge in [-0.25, -0.2) is 0 Å². The van der Waals surface area contributed by atoms with Gasteiger partial charge in [0.1, 0.15) is 11.6 Å².